The molecule has 0 saturated carbocycles. The number of nitrogens with one attached hydrogen (secondary N) is 1. The second kappa shape index (κ2) is 16.1. The maximum absolute atomic E-state index is 9.70. The summed E-state index contributed by atoms with van der Waals surface area (Å²) in [5, 5.41) is 16.8. The number of amidine groups is 2. The zero-order valence-corrected chi connectivity index (χ0v) is 38.9. The molecule has 0 unspecified atom stereocenters. The number of aliphatic imine (C=N–C) groups is 2. The summed E-state index contributed by atoms with van der Waals surface area (Å²) >= 11 is 1.78. The molecule has 0 bridgehead atoms. The second-order valence-electron chi connectivity index (χ2n) is 18.6. The van der Waals surface area contributed by atoms with Crippen molar-refractivity contribution in [3.8, 4) is 39.1 Å². The van der Waals surface area contributed by atoms with E-state index < -0.39 is 0 Å². The fourth-order valence-electron chi connectivity index (χ4n) is 10.7. The van der Waals surface area contributed by atoms with Crippen LogP contribution in [0.1, 0.15) is 41.7 Å². The highest BCUT2D eigenvalue weighted by atomic mass is 32.1. The molecular weight excluding hydrogens is 857 g/mol. The molecule has 69 heavy (non-hydrogen) atoms. The Bertz CT molecular complexity index is 4060. The minimum atomic E-state index is -0.208. The van der Waals surface area contributed by atoms with Crippen LogP contribution in [-0.2, 0) is 5.41 Å². The van der Waals surface area contributed by atoms with Gasteiger partial charge in [-0.15, -0.1) is 11.3 Å². The normalized spacial score (nSPS) is 13.3. The molecule has 1 N–H and O–H groups in total. The molecule has 0 fully saturated rings. The third kappa shape index (κ3) is 6.84. The van der Waals surface area contributed by atoms with Gasteiger partial charge in [0, 0.05) is 59.4 Å². The van der Waals surface area contributed by atoms with Crippen LogP contribution in [0.4, 0.5) is 0 Å². The molecule has 326 valence electrons. The van der Waals surface area contributed by atoms with Crippen LogP contribution in [0.25, 0.3) is 91.8 Å². The number of hydrogen-bond donors (Lipinski definition) is 1. The molecule has 12 aromatic rings. The van der Waals surface area contributed by atoms with Gasteiger partial charge in [-0.25, -0.2) is 9.98 Å². The predicted octanol–water partition coefficient (Wildman–Crippen LogP) is 16.8. The van der Waals surface area contributed by atoms with Crippen LogP contribution in [0.15, 0.2) is 228 Å². The molecule has 0 radical (unpaired) electrons. The smallest absolute Gasteiger partial charge is 0.162 e. The van der Waals surface area contributed by atoms with Crippen LogP contribution >= 0.6 is 11.3 Å². The molecule has 0 amide bonds. The SMILES string of the molecule is CC1(C)c2ccccc2-c2ccc(C(=N)/N=C(\N=C\c3cc(-c4ccccc4)cc(-c4ccccc4)c3)c3cccc4sc5cc(-n6c7ccccc7c7cc8ccccc8cc76)ccc5c34)cc21. The van der Waals surface area contributed by atoms with Gasteiger partial charge in [0.25, 0.3) is 0 Å². The molecule has 10 aromatic carbocycles. The first-order valence-electron chi connectivity index (χ1n) is 23.5. The molecule has 0 aliphatic heterocycles. The third-order valence-corrected chi connectivity index (χ3v) is 15.2. The Labute approximate surface area is 404 Å². The highest BCUT2D eigenvalue weighted by Crippen LogP contribution is 2.49. The van der Waals surface area contributed by atoms with Gasteiger partial charge in [0.1, 0.15) is 0 Å². The van der Waals surface area contributed by atoms with Gasteiger partial charge < -0.3 is 4.57 Å². The van der Waals surface area contributed by atoms with Crippen molar-refractivity contribution in [3.63, 3.8) is 0 Å². The lowest BCUT2D eigenvalue weighted by Gasteiger charge is -2.21. The van der Waals surface area contributed by atoms with E-state index in [4.69, 9.17) is 9.98 Å². The van der Waals surface area contributed by atoms with E-state index in [0.717, 1.165) is 60.1 Å². The molecule has 1 aliphatic carbocycles. The summed E-state index contributed by atoms with van der Waals surface area (Å²) in [6, 6.07) is 77.8. The van der Waals surface area contributed by atoms with Crippen molar-refractivity contribution in [3.05, 3.63) is 246 Å². The summed E-state index contributed by atoms with van der Waals surface area (Å²) in [5.41, 5.74) is 15.3. The summed E-state index contributed by atoms with van der Waals surface area (Å²) in [6.45, 7) is 4.54. The fourth-order valence-corrected chi connectivity index (χ4v) is 11.9. The molecule has 2 heterocycles. The predicted molar refractivity (Wildman–Crippen MR) is 293 cm³/mol. The summed E-state index contributed by atoms with van der Waals surface area (Å²) in [6.07, 6.45) is 1.92. The van der Waals surface area contributed by atoms with Crippen molar-refractivity contribution < 1.29 is 0 Å². The van der Waals surface area contributed by atoms with Crippen molar-refractivity contribution in [2.45, 2.75) is 19.3 Å². The number of hydrogen-bond acceptors (Lipinski definition) is 2. The number of rotatable bonds is 6. The monoisotopic (exact) mass is 900 g/mol. The van der Waals surface area contributed by atoms with Gasteiger partial charge in [0.05, 0.1) is 11.0 Å². The zero-order valence-electron chi connectivity index (χ0n) is 38.1. The zero-order chi connectivity index (χ0) is 46.2. The highest BCUT2D eigenvalue weighted by molar-refractivity contribution is 7.26. The number of fused-ring (bicyclic) bond motifs is 10. The first kappa shape index (κ1) is 40.7. The van der Waals surface area contributed by atoms with Crippen molar-refractivity contribution >= 4 is 82.0 Å². The van der Waals surface area contributed by atoms with E-state index in [1.54, 1.807) is 11.3 Å². The molecule has 0 saturated heterocycles. The van der Waals surface area contributed by atoms with Gasteiger partial charge in [0.15, 0.2) is 11.7 Å². The second-order valence-corrected chi connectivity index (χ2v) is 19.7. The number of thiophene rings is 1. The lowest BCUT2D eigenvalue weighted by molar-refractivity contribution is 0.660. The van der Waals surface area contributed by atoms with E-state index in [1.165, 1.54) is 59.5 Å². The topological polar surface area (TPSA) is 53.5 Å². The quantitative estimate of drug-likeness (QED) is 0.128. The van der Waals surface area contributed by atoms with E-state index >= 15 is 0 Å². The van der Waals surface area contributed by atoms with Crippen molar-refractivity contribution in [1.82, 2.24) is 4.57 Å². The molecule has 13 rings (SSSR count). The molecule has 2 aromatic heterocycles. The lowest BCUT2D eigenvalue weighted by atomic mass is 9.82. The minimum Gasteiger partial charge on any atom is -0.309 e. The summed E-state index contributed by atoms with van der Waals surface area (Å²) in [4.78, 5) is 10.5. The molecule has 4 nitrogen and oxygen atoms in total. The third-order valence-electron chi connectivity index (χ3n) is 14.1. The van der Waals surface area contributed by atoms with Crippen molar-refractivity contribution in [2.75, 3.05) is 0 Å². The Hall–Kier alpha value is -8.51. The first-order chi connectivity index (χ1) is 33.9. The average Bonchev–Trinajstić information content (AvgIpc) is 4.01. The minimum absolute atomic E-state index is 0.164. The van der Waals surface area contributed by atoms with Gasteiger partial charge in [-0.2, -0.15) is 0 Å². The van der Waals surface area contributed by atoms with Crippen molar-refractivity contribution in [2.24, 2.45) is 9.98 Å². The van der Waals surface area contributed by atoms with Crippen LogP contribution in [0.3, 0.4) is 0 Å². The molecular formula is C64H44N4S. The van der Waals surface area contributed by atoms with E-state index in [1.807, 2.05) is 24.4 Å². The molecule has 0 spiro atoms. The average molecular weight is 901 g/mol. The van der Waals surface area contributed by atoms with Gasteiger partial charge in [0.2, 0.25) is 0 Å². The largest absolute Gasteiger partial charge is 0.309 e. The van der Waals surface area contributed by atoms with Crippen LogP contribution < -0.4 is 0 Å². The van der Waals surface area contributed by atoms with E-state index in [2.05, 4.69) is 219 Å². The summed E-state index contributed by atoms with van der Waals surface area (Å²) in [7, 11) is 0. The maximum Gasteiger partial charge on any atom is 0.162 e. The first-order valence-corrected chi connectivity index (χ1v) is 24.3. The molecule has 0 atom stereocenters. The highest BCUT2D eigenvalue weighted by Gasteiger charge is 2.35. The van der Waals surface area contributed by atoms with Crippen LogP contribution in [0.2, 0.25) is 0 Å². The summed E-state index contributed by atoms with van der Waals surface area (Å²) in [5.74, 6) is 0.649. The van der Waals surface area contributed by atoms with Gasteiger partial charge >= 0.3 is 0 Å². The Morgan fingerprint density at radius 3 is 1.97 bits per heavy atom. The maximum atomic E-state index is 9.70. The number of para-hydroxylation sites is 1. The van der Waals surface area contributed by atoms with Gasteiger partial charge in [-0.05, 0) is 122 Å². The van der Waals surface area contributed by atoms with E-state index in [9.17, 15) is 5.41 Å². The van der Waals surface area contributed by atoms with E-state index in [0.29, 0.717) is 5.84 Å². The van der Waals surface area contributed by atoms with Gasteiger partial charge in [-0.1, -0.05) is 172 Å². The fraction of sp³-hybridized carbons (Fsp3) is 0.0469. The number of benzene rings is 10. The molecule has 1 aliphatic rings. The Morgan fingerprint density at radius 2 is 1.19 bits per heavy atom. The molecule has 5 heteroatoms. The standard InChI is InChI=1S/C64H44N4S/c1-64(2)55-25-13-11-22-49(55)50-30-28-45(36-56(50)64)62(65)67-63(66-39-40-32-46(41-16-5-3-6-17-41)34-47(33-40)42-18-7-4-8-19-42)53-24-15-27-59-61(53)52-31-29-48(38-60(52)69-59)68-57-26-14-12-23-51(57)54-35-43-20-9-10-21-44(43)37-58(54)68/h3-39,65H,1-2H3/b65-62?,66-39+,67-63-. The van der Waals surface area contributed by atoms with Crippen LogP contribution in [0, 0.1) is 5.41 Å². The summed E-state index contributed by atoms with van der Waals surface area (Å²) < 4.78 is 4.71. The van der Waals surface area contributed by atoms with Crippen LogP contribution in [-0.4, -0.2) is 22.5 Å². The van der Waals surface area contributed by atoms with Crippen LogP contribution in [0.5, 0.6) is 0 Å². The lowest BCUT2D eigenvalue weighted by Crippen LogP contribution is -2.15. The Kier molecular flexibility index (Phi) is 9.50. The number of nitrogens with zero attached hydrogens (tertiary/aromatic N) is 3. The van der Waals surface area contributed by atoms with E-state index in [-0.39, 0.29) is 11.3 Å². The van der Waals surface area contributed by atoms with Crippen molar-refractivity contribution in [1.29, 1.82) is 5.41 Å². The van der Waals surface area contributed by atoms with Gasteiger partial charge in [-0.3, -0.25) is 5.41 Å². The Morgan fingerprint density at radius 1 is 0.507 bits per heavy atom. The Balaban J connectivity index is 0.976. The number of aromatic nitrogens is 1.